The smallest absolute Gasteiger partial charge is 0.236 e. The topological polar surface area (TPSA) is 63.5 Å². The molecule has 3 heterocycles. The van der Waals surface area contributed by atoms with Crippen molar-refractivity contribution in [3.8, 4) is 0 Å². The van der Waals surface area contributed by atoms with Crippen molar-refractivity contribution in [3.05, 3.63) is 12.7 Å². The number of carbonyl (C=O) groups is 1. The van der Waals surface area contributed by atoms with Crippen molar-refractivity contribution in [1.29, 1.82) is 0 Å². The second kappa shape index (κ2) is 7.88. The number of amides is 1. The van der Waals surface area contributed by atoms with E-state index in [2.05, 4.69) is 21.9 Å². The minimum atomic E-state index is 0.203. The summed E-state index contributed by atoms with van der Waals surface area (Å²) in [7, 11) is 0. The maximum absolute atomic E-state index is 12.6. The van der Waals surface area contributed by atoms with Gasteiger partial charge in [0, 0.05) is 26.2 Å². The number of hydrogen-bond donors (Lipinski definition) is 0. The Morgan fingerprint density at radius 1 is 1.35 bits per heavy atom. The number of nitrogens with zero attached hydrogens (tertiary/aromatic N) is 5. The van der Waals surface area contributed by atoms with Crippen molar-refractivity contribution in [2.45, 2.75) is 38.8 Å². The van der Waals surface area contributed by atoms with Gasteiger partial charge in [-0.25, -0.2) is 4.98 Å². The summed E-state index contributed by atoms with van der Waals surface area (Å²) in [5.41, 5.74) is 0. The highest BCUT2D eigenvalue weighted by molar-refractivity contribution is 5.78. The van der Waals surface area contributed by atoms with Crippen LogP contribution in [0.3, 0.4) is 0 Å². The quantitative estimate of drug-likeness (QED) is 0.796. The molecule has 0 N–H and O–H groups in total. The third kappa shape index (κ3) is 4.51. The molecular formula is C16H27N5O2. The van der Waals surface area contributed by atoms with Gasteiger partial charge in [0.05, 0.1) is 19.3 Å². The molecule has 7 heteroatoms. The molecule has 1 aromatic rings. The van der Waals surface area contributed by atoms with E-state index in [-0.39, 0.29) is 12.0 Å². The molecular weight excluding hydrogens is 294 g/mol. The van der Waals surface area contributed by atoms with E-state index in [4.69, 9.17) is 4.74 Å². The van der Waals surface area contributed by atoms with Gasteiger partial charge in [-0.3, -0.25) is 14.4 Å². The van der Waals surface area contributed by atoms with Gasteiger partial charge in [-0.15, -0.1) is 0 Å². The number of morpholine rings is 1. The Labute approximate surface area is 137 Å². The van der Waals surface area contributed by atoms with E-state index in [9.17, 15) is 4.79 Å². The molecule has 1 amide bonds. The van der Waals surface area contributed by atoms with Gasteiger partial charge in [0.15, 0.2) is 0 Å². The molecule has 0 bridgehead atoms. The monoisotopic (exact) mass is 321 g/mol. The van der Waals surface area contributed by atoms with Crippen molar-refractivity contribution < 1.29 is 9.53 Å². The number of likely N-dealkylation sites (tertiary alicyclic amines) is 1. The number of aromatic nitrogens is 3. The van der Waals surface area contributed by atoms with Crippen LogP contribution in [-0.4, -0.2) is 75.9 Å². The third-order valence-corrected chi connectivity index (χ3v) is 4.82. The zero-order chi connectivity index (χ0) is 16.1. The molecule has 2 aliphatic heterocycles. The summed E-state index contributed by atoms with van der Waals surface area (Å²) in [6.45, 7) is 7.65. The molecule has 2 fully saturated rings. The van der Waals surface area contributed by atoms with Crippen LogP contribution in [0.4, 0.5) is 0 Å². The summed E-state index contributed by atoms with van der Waals surface area (Å²) in [5, 5.41) is 4.19. The lowest BCUT2D eigenvalue weighted by molar-refractivity contribution is -0.140. The first-order valence-electron chi connectivity index (χ1n) is 8.68. The fourth-order valence-electron chi connectivity index (χ4n) is 3.52. The minimum Gasteiger partial charge on any atom is -0.375 e. The van der Waals surface area contributed by atoms with E-state index < -0.39 is 0 Å². The fraction of sp³-hybridized carbons (Fsp3) is 0.812. The SMILES string of the molecule is CC[C@H]1CN(C(=O)CN2CCC[C@@H](Cn3cncn3)C2)CCO1. The molecule has 1 aromatic heterocycles. The van der Waals surface area contributed by atoms with Crippen molar-refractivity contribution in [3.63, 3.8) is 0 Å². The molecule has 23 heavy (non-hydrogen) atoms. The van der Waals surface area contributed by atoms with E-state index in [1.54, 1.807) is 12.7 Å². The predicted octanol–water partition coefficient (Wildman–Crippen LogP) is 0.627. The van der Waals surface area contributed by atoms with E-state index in [1.807, 2.05) is 9.58 Å². The van der Waals surface area contributed by atoms with Crippen LogP contribution in [-0.2, 0) is 16.1 Å². The summed E-state index contributed by atoms with van der Waals surface area (Å²) in [5.74, 6) is 0.791. The van der Waals surface area contributed by atoms with E-state index >= 15 is 0 Å². The molecule has 7 nitrogen and oxygen atoms in total. The van der Waals surface area contributed by atoms with Gasteiger partial charge in [0.1, 0.15) is 12.7 Å². The van der Waals surface area contributed by atoms with E-state index in [0.29, 0.717) is 19.1 Å². The van der Waals surface area contributed by atoms with Gasteiger partial charge in [0.2, 0.25) is 5.91 Å². The molecule has 0 aliphatic carbocycles. The molecule has 3 rings (SSSR count). The third-order valence-electron chi connectivity index (χ3n) is 4.82. The zero-order valence-electron chi connectivity index (χ0n) is 13.9. The second-order valence-electron chi connectivity index (χ2n) is 6.60. The normalized spacial score (nSPS) is 26.4. The van der Waals surface area contributed by atoms with Gasteiger partial charge in [-0.1, -0.05) is 6.92 Å². The Hall–Kier alpha value is -1.47. The highest BCUT2D eigenvalue weighted by Crippen LogP contribution is 2.18. The number of rotatable bonds is 5. The van der Waals surface area contributed by atoms with Crippen molar-refractivity contribution in [1.82, 2.24) is 24.6 Å². The molecule has 0 radical (unpaired) electrons. The number of piperidine rings is 1. The van der Waals surface area contributed by atoms with Crippen LogP contribution < -0.4 is 0 Å². The van der Waals surface area contributed by atoms with Crippen molar-refractivity contribution in [2.75, 3.05) is 39.3 Å². The van der Waals surface area contributed by atoms with Crippen molar-refractivity contribution in [2.24, 2.45) is 5.92 Å². The Balaban J connectivity index is 1.48. The number of carbonyl (C=O) groups excluding carboxylic acids is 1. The van der Waals surface area contributed by atoms with Crippen LogP contribution in [0.1, 0.15) is 26.2 Å². The second-order valence-corrected chi connectivity index (χ2v) is 6.60. The molecule has 2 atom stereocenters. The average Bonchev–Trinajstić information content (AvgIpc) is 3.08. The van der Waals surface area contributed by atoms with Crippen LogP contribution >= 0.6 is 0 Å². The molecule has 2 aliphatic rings. The highest BCUT2D eigenvalue weighted by Gasteiger charge is 2.27. The molecule has 0 aromatic carbocycles. The van der Waals surface area contributed by atoms with Gasteiger partial charge < -0.3 is 9.64 Å². The summed E-state index contributed by atoms with van der Waals surface area (Å²) in [6, 6.07) is 0. The lowest BCUT2D eigenvalue weighted by Gasteiger charge is -2.36. The largest absolute Gasteiger partial charge is 0.375 e. The fourth-order valence-corrected chi connectivity index (χ4v) is 3.52. The lowest BCUT2D eigenvalue weighted by Crippen LogP contribution is -2.50. The minimum absolute atomic E-state index is 0.203. The first-order chi connectivity index (χ1) is 11.2. The Kier molecular flexibility index (Phi) is 5.61. The van der Waals surface area contributed by atoms with Crippen LogP contribution in [0, 0.1) is 5.92 Å². The Morgan fingerprint density at radius 2 is 2.26 bits per heavy atom. The number of ether oxygens (including phenoxy) is 1. The summed E-state index contributed by atoms with van der Waals surface area (Å²) in [6.07, 6.45) is 6.85. The molecule has 2 saturated heterocycles. The van der Waals surface area contributed by atoms with Crippen LogP contribution in [0.2, 0.25) is 0 Å². The van der Waals surface area contributed by atoms with Gasteiger partial charge in [-0.2, -0.15) is 5.10 Å². The van der Waals surface area contributed by atoms with E-state index in [1.165, 1.54) is 6.42 Å². The zero-order valence-corrected chi connectivity index (χ0v) is 13.9. The Morgan fingerprint density at radius 3 is 3.04 bits per heavy atom. The summed E-state index contributed by atoms with van der Waals surface area (Å²) < 4.78 is 7.54. The van der Waals surface area contributed by atoms with Crippen LogP contribution in [0.5, 0.6) is 0 Å². The average molecular weight is 321 g/mol. The first-order valence-corrected chi connectivity index (χ1v) is 8.68. The maximum atomic E-state index is 12.6. The standard InChI is InChI=1S/C16H27N5O2/c1-2-15-10-20(6-7-23-15)16(22)11-19-5-3-4-14(8-19)9-21-13-17-12-18-21/h12-15H,2-11H2,1H3/t14-,15+/m1/s1. The van der Waals surface area contributed by atoms with Gasteiger partial charge in [0.25, 0.3) is 0 Å². The lowest BCUT2D eigenvalue weighted by atomic mass is 9.98. The first kappa shape index (κ1) is 16.4. The molecule has 128 valence electrons. The van der Waals surface area contributed by atoms with Crippen LogP contribution in [0.25, 0.3) is 0 Å². The van der Waals surface area contributed by atoms with Gasteiger partial charge in [-0.05, 0) is 31.7 Å². The summed E-state index contributed by atoms with van der Waals surface area (Å²) >= 11 is 0. The molecule has 0 unspecified atom stereocenters. The molecule has 0 spiro atoms. The predicted molar refractivity (Wildman–Crippen MR) is 85.8 cm³/mol. The van der Waals surface area contributed by atoms with Crippen molar-refractivity contribution >= 4 is 5.91 Å². The summed E-state index contributed by atoms with van der Waals surface area (Å²) in [4.78, 5) is 20.8. The van der Waals surface area contributed by atoms with Crippen LogP contribution in [0.15, 0.2) is 12.7 Å². The molecule has 0 saturated carbocycles. The van der Waals surface area contributed by atoms with Gasteiger partial charge >= 0.3 is 0 Å². The highest BCUT2D eigenvalue weighted by atomic mass is 16.5. The Bertz CT molecular complexity index is 493. The van der Waals surface area contributed by atoms with E-state index in [0.717, 1.165) is 45.6 Å². The number of hydrogen-bond acceptors (Lipinski definition) is 5. The maximum Gasteiger partial charge on any atom is 0.236 e.